The molecule has 3 nitrogen and oxygen atoms in total. The van der Waals surface area contributed by atoms with Gasteiger partial charge in [0.2, 0.25) is 0 Å². The molecule has 0 saturated heterocycles. The normalized spacial score (nSPS) is 12.6. The quantitative estimate of drug-likeness (QED) is 0.773. The number of carbonyl (C=O) groups is 1. The van der Waals surface area contributed by atoms with Crippen LogP contribution in [0.5, 0.6) is 0 Å². The largest absolute Gasteiger partial charge is 0.396 e. The van der Waals surface area contributed by atoms with Crippen LogP contribution in [0.3, 0.4) is 0 Å². The average molecular weight is 224 g/mol. The van der Waals surface area contributed by atoms with Crippen LogP contribution in [-0.4, -0.2) is 11.9 Å². The molecule has 1 rings (SSSR count). The molecule has 1 aromatic rings. The van der Waals surface area contributed by atoms with Gasteiger partial charge in [-0.2, -0.15) is 0 Å². The van der Waals surface area contributed by atoms with E-state index in [1.54, 1.807) is 0 Å². The Morgan fingerprint density at radius 1 is 1.38 bits per heavy atom. The summed E-state index contributed by atoms with van der Waals surface area (Å²) >= 11 is 0. The predicted molar refractivity (Wildman–Crippen MR) is 62.6 cm³/mol. The van der Waals surface area contributed by atoms with Crippen molar-refractivity contribution in [2.24, 2.45) is 5.92 Å². The highest BCUT2D eigenvalue weighted by Gasteiger charge is 2.13. The topological polar surface area (TPSA) is 55.1 Å². The summed E-state index contributed by atoms with van der Waals surface area (Å²) in [7, 11) is 0. The minimum Gasteiger partial charge on any atom is -0.396 e. The maximum absolute atomic E-state index is 12.9. The molecule has 0 bridgehead atoms. The van der Waals surface area contributed by atoms with Crippen LogP contribution in [0, 0.1) is 11.7 Å². The SMILES string of the molecule is CC(C)C(C)NC(=O)c1ccc(F)c(N)c1. The molecule has 0 aliphatic rings. The van der Waals surface area contributed by atoms with Crippen LogP contribution in [-0.2, 0) is 0 Å². The molecule has 0 radical (unpaired) electrons. The Kier molecular flexibility index (Phi) is 3.88. The summed E-state index contributed by atoms with van der Waals surface area (Å²) in [6, 6.07) is 4.04. The van der Waals surface area contributed by atoms with Crippen molar-refractivity contribution < 1.29 is 9.18 Å². The lowest BCUT2D eigenvalue weighted by Gasteiger charge is -2.17. The summed E-state index contributed by atoms with van der Waals surface area (Å²) in [5, 5.41) is 2.83. The first-order valence-corrected chi connectivity index (χ1v) is 5.27. The number of nitrogens with two attached hydrogens (primary N) is 1. The minimum absolute atomic E-state index is 0.00940. The van der Waals surface area contributed by atoms with Gasteiger partial charge in [0.25, 0.3) is 5.91 Å². The van der Waals surface area contributed by atoms with Gasteiger partial charge < -0.3 is 11.1 Å². The maximum Gasteiger partial charge on any atom is 0.251 e. The first-order valence-electron chi connectivity index (χ1n) is 5.27. The predicted octanol–water partition coefficient (Wildman–Crippen LogP) is 2.18. The second kappa shape index (κ2) is 4.96. The first-order chi connectivity index (χ1) is 7.41. The number of anilines is 1. The molecule has 0 aliphatic heterocycles. The first kappa shape index (κ1) is 12.5. The highest BCUT2D eigenvalue weighted by molar-refractivity contribution is 5.95. The van der Waals surface area contributed by atoms with Gasteiger partial charge in [-0.3, -0.25) is 4.79 Å². The van der Waals surface area contributed by atoms with Crippen molar-refractivity contribution in [2.45, 2.75) is 26.8 Å². The van der Waals surface area contributed by atoms with E-state index in [9.17, 15) is 9.18 Å². The Morgan fingerprint density at radius 3 is 2.50 bits per heavy atom. The van der Waals surface area contributed by atoms with Crippen LogP contribution < -0.4 is 11.1 Å². The number of halogens is 1. The highest BCUT2D eigenvalue weighted by Crippen LogP contribution is 2.12. The van der Waals surface area contributed by atoms with E-state index in [4.69, 9.17) is 5.73 Å². The van der Waals surface area contributed by atoms with Crippen molar-refractivity contribution in [1.29, 1.82) is 0 Å². The van der Waals surface area contributed by atoms with Gasteiger partial charge in [-0.15, -0.1) is 0 Å². The van der Waals surface area contributed by atoms with Crippen molar-refractivity contribution in [3.8, 4) is 0 Å². The van der Waals surface area contributed by atoms with E-state index < -0.39 is 5.82 Å². The van der Waals surface area contributed by atoms with Gasteiger partial charge in [-0.25, -0.2) is 4.39 Å². The van der Waals surface area contributed by atoms with E-state index in [2.05, 4.69) is 5.32 Å². The molecule has 0 aromatic heterocycles. The van der Waals surface area contributed by atoms with Gasteiger partial charge in [0.05, 0.1) is 5.69 Å². The minimum atomic E-state index is -0.506. The van der Waals surface area contributed by atoms with E-state index in [0.29, 0.717) is 11.5 Å². The molecule has 1 amide bonds. The van der Waals surface area contributed by atoms with E-state index in [1.807, 2.05) is 20.8 Å². The fourth-order valence-corrected chi connectivity index (χ4v) is 1.14. The Morgan fingerprint density at radius 2 is 2.00 bits per heavy atom. The van der Waals surface area contributed by atoms with Crippen LogP contribution >= 0.6 is 0 Å². The fraction of sp³-hybridized carbons (Fsp3) is 0.417. The number of carbonyl (C=O) groups excluding carboxylic acids is 1. The number of nitrogen functional groups attached to an aromatic ring is 1. The summed E-state index contributed by atoms with van der Waals surface area (Å²) in [6.45, 7) is 5.96. The Hall–Kier alpha value is -1.58. The summed E-state index contributed by atoms with van der Waals surface area (Å²) in [6.07, 6.45) is 0. The van der Waals surface area contributed by atoms with Crippen molar-refractivity contribution in [1.82, 2.24) is 5.32 Å². The lowest BCUT2D eigenvalue weighted by atomic mass is 10.1. The molecule has 3 N–H and O–H groups in total. The third-order valence-electron chi connectivity index (χ3n) is 2.62. The molecule has 1 aromatic carbocycles. The Balaban J connectivity index is 2.77. The average Bonchev–Trinajstić information content (AvgIpc) is 2.21. The van der Waals surface area contributed by atoms with Crippen LogP contribution in [0.15, 0.2) is 18.2 Å². The number of hydrogen-bond acceptors (Lipinski definition) is 2. The molecule has 1 unspecified atom stereocenters. The Labute approximate surface area is 94.8 Å². The highest BCUT2D eigenvalue weighted by atomic mass is 19.1. The number of benzene rings is 1. The van der Waals surface area contributed by atoms with Gasteiger partial charge in [-0.1, -0.05) is 13.8 Å². The Bertz CT molecular complexity index is 391. The molecule has 0 saturated carbocycles. The van der Waals surface area contributed by atoms with Gasteiger partial charge in [0.15, 0.2) is 0 Å². The van der Waals surface area contributed by atoms with Crippen LogP contribution in [0.2, 0.25) is 0 Å². The molecule has 88 valence electrons. The zero-order valence-electron chi connectivity index (χ0n) is 9.75. The van der Waals surface area contributed by atoms with Crippen molar-refractivity contribution >= 4 is 11.6 Å². The standard InChI is InChI=1S/C12H17FN2O/c1-7(2)8(3)15-12(16)9-4-5-10(13)11(14)6-9/h4-8H,14H2,1-3H3,(H,15,16). The lowest BCUT2D eigenvalue weighted by Crippen LogP contribution is -2.36. The lowest BCUT2D eigenvalue weighted by molar-refractivity contribution is 0.0930. The monoisotopic (exact) mass is 224 g/mol. The van der Waals surface area contributed by atoms with E-state index >= 15 is 0 Å². The molecule has 0 fully saturated rings. The molecule has 4 heteroatoms. The maximum atomic E-state index is 12.9. The molecule has 0 aliphatic carbocycles. The van der Waals surface area contributed by atoms with Crippen LogP contribution in [0.4, 0.5) is 10.1 Å². The molecule has 0 spiro atoms. The van der Waals surface area contributed by atoms with Crippen LogP contribution in [0.1, 0.15) is 31.1 Å². The number of nitrogens with one attached hydrogen (secondary N) is 1. The summed E-state index contributed by atoms with van der Waals surface area (Å²) < 4.78 is 12.9. The molecule has 16 heavy (non-hydrogen) atoms. The number of rotatable bonds is 3. The summed E-state index contributed by atoms with van der Waals surface area (Å²) in [5.41, 5.74) is 5.77. The molecule has 0 heterocycles. The second-order valence-corrected chi connectivity index (χ2v) is 4.24. The molecular weight excluding hydrogens is 207 g/mol. The fourth-order valence-electron chi connectivity index (χ4n) is 1.14. The van der Waals surface area contributed by atoms with Crippen molar-refractivity contribution in [3.63, 3.8) is 0 Å². The molecular formula is C12H17FN2O. The summed E-state index contributed by atoms with van der Waals surface area (Å²) in [5.74, 6) is -0.386. The van der Waals surface area contributed by atoms with E-state index in [-0.39, 0.29) is 17.6 Å². The zero-order chi connectivity index (χ0) is 12.3. The van der Waals surface area contributed by atoms with Crippen LogP contribution in [0.25, 0.3) is 0 Å². The zero-order valence-corrected chi connectivity index (χ0v) is 9.75. The third kappa shape index (κ3) is 2.95. The van der Waals surface area contributed by atoms with Gasteiger partial charge in [0, 0.05) is 11.6 Å². The van der Waals surface area contributed by atoms with Gasteiger partial charge in [-0.05, 0) is 31.0 Å². The van der Waals surface area contributed by atoms with E-state index in [0.717, 1.165) is 0 Å². The smallest absolute Gasteiger partial charge is 0.251 e. The van der Waals surface area contributed by atoms with Gasteiger partial charge in [0.1, 0.15) is 5.82 Å². The van der Waals surface area contributed by atoms with Crippen molar-refractivity contribution in [2.75, 3.05) is 5.73 Å². The van der Waals surface area contributed by atoms with Crippen molar-refractivity contribution in [3.05, 3.63) is 29.6 Å². The number of amides is 1. The summed E-state index contributed by atoms with van der Waals surface area (Å²) in [4.78, 5) is 11.7. The van der Waals surface area contributed by atoms with Gasteiger partial charge >= 0.3 is 0 Å². The third-order valence-corrected chi connectivity index (χ3v) is 2.62. The number of hydrogen-bond donors (Lipinski definition) is 2. The second-order valence-electron chi connectivity index (χ2n) is 4.24. The molecule has 1 atom stereocenters. The van der Waals surface area contributed by atoms with E-state index in [1.165, 1.54) is 18.2 Å².